The maximum atomic E-state index is 12.8. The molecule has 0 saturated carbocycles. The second kappa shape index (κ2) is 8.74. The lowest BCUT2D eigenvalue weighted by molar-refractivity contribution is 0.102. The fourth-order valence-electron chi connectivity index (χ4n) is 2.36. The Morgan fingerprint density at radius 1 is 1.08 bits per heavy atom. The van der Waals surface area contributed by atoms with E-state index in [1.165, 1.54) is 4.88 Å². The Morgan fingerprint density at radius 3 is 2.68 bits per heavy atom. The first-order valence-corrected chi connectivity index (χ1v) is 9.92. The van der Waals surface area contributed by atoms with E-state index in [0.717, 1.165) is 10.6 Å². The normalized spacial score (nSPS) is 10.4. The zero-order chi connectivity index (χ0) is 17.5. The van der Waals surface area contributed by atoms with E-state index >= 15 is 0 Å². The van der Waals surface area contributed by atoms with Crippen LogP contribution >= 0.6 is 23.1 Å². The molecule has 2 aromatic carbocycles. The molecular formula is C20H19NO2S2. The van der Waals surface area contributed by atoms with E-state index in [-0.39, 0.29) is 5.91 Å². The summed E-state index contributed by atoms with van der Waals surface area (Å²) in [6.07, 6.45) is 0. The van der Waals surface area contributed by atoms with Crippen molar-refractivity contribution in [3.63, 3.8) is 0 Å². The largest absolute Gasteiger partial charge is 0.492 e. The molecule has 0 aliphatic heterocycles. The standard InChI is InChI=1S/C20H19NO2S2/c1-2-23-18-11-5-4-10-17(18)21-20(22)16-9-3-6-12-19(16)25-14-15-8-7-13-24-15/h3-13H,2,14H2,1H3,(H,21,22). The topological polar surface area (TPSA) is 38.3 Å². The highest BCUT2D eigenvalue weighted by atomic mass is 32.2. The maximum absolute atomic E-state index is 12.8. The number of hydrogen-bond donors (Lipinski definition) is 1. The van der Waals surface area contributed by atoms with Gasteiger partial charge in [-0.15, -0.1) is 23.1 Å². The van der Waals surface area contributed by atoms with Gasteiger partial charge in [-0.05, 0) is 42.6 Å². The van der Waals surface area contributed by atoms with E-state index in [2.05, 4.69) is 16.8 Å². The number of nitrogens with one attached hydrogen (secondary N) is 1. The zero-order valence-electron chi connectivity index (χ0n) is 13.9. The summed E-state index contributed by atoms with van der Waals surface area (Å²) in [5.41, 5.74) is 1.36. The van der Waals surface area contributed by atoms with E-state index in [1.807, 2.05) is 61.5 Å². The Hall–Kier alpha value is -2.24. The molecule has 128 valence electrons. The van der Waals surface area contributed by atoms with Crippen LogP contribution in [-0.2, 0) is 5.75 Å². The second-order valence-electron chi connectivity index (χ2n) is 5.25. The number of carbonyl (C=O) groups is 1. The molecule has 0 radical (unpaired) electrons. The molecule has 0 atom stereocenters. The van der Waals surface area contributed by atoms with Gasteiger partial charge >= 0.3 is 0 Å². The van der Waals surface area contributed by atoms with E-state index < -0.39 is 0 Å². The van der Waals surface area contributed by atoms with Gasteiger partial charge in [0.25, 0.3) is 5.91 Å². The summed E-state index contributed by atoms with van der Waals surface area (Å²) in [5, 5.41) is 5.04. The van der Waals surface area contributed by atoms with Crippen LogP contribution in [0.15, 0.2) is 70.9 Å². The zero-order valence-corrected chi connectivity index (χ0v) is 15.5. The van der Waals surface area contributed by atoms with Crippen molar-refractivity contribution < 1.29 is 9.53 Å². The van der Waals surface area contributed by atoms with Crippen LogP contribution in [0.4, 0.5) is 5.69 Å². The first kappa shape index (κ1) is 17.6. The van der Waals surface area contributed by atoms with Crippen LogP contribution in [0.2, 0.25) is 0 Å². The number of amides is 1. The van der Waals surface area contributed by atoms with E-state index in [4.69, 9.17) is 4.74 Å². The fraction of sp³-hybridized carbons (Fsp3) is 0.150. The first-order chi connectivity index (χ1) is 12.3. The summed E-state index contributed by atoms with van der Waals surface area (Å²) in [7, 11) is 0. The van der Waals surface area contributed by atoms with Gasteiger partial charge in [0.15, 0.2) is 0 Å². The molecule has 0 aliphatic rings. The highest BCUT2D eigenvalue weighted by molar-refractivity contribution is 7.98. The van der Waals surface area contributed by atoms with Crippen molar-refractivity contribution in [3.05, 3.63) is 76.5 Å². The van der Waals surface area contributed by atoms with Crippen LogP contribution < -0.4 is 10.1 Å². The second-order valence-corrected chi connectivity index (χ2v) is 7.30. The average molecular weight is 370 g/mol. The lowest BCUT2D eigenvalue weighted by Crippen LogP contribution is -2.14. The van der Waals surface area contributed by atoms with Crippen LogP contribution in [0.5, 0.6) is 5.75 Å². The smallest absolute Gasteiger partial charge is 0.256 e. The van der Waals surface area contributed by atoms with Crippen molar-refractivity contribution in [2.24, 2.45) is 0 Å². The van der Waals surface area contributed by atoms with Crippen molar-refractivity contribution in [1.29, 1.82) is 0 Å². The van der Waals surface area contributed by atoms with Gasteiger partial charge in [0.1, 0.15) is 5.75 Å². The van der Waals surface area contributed by atoms with E-state index in [9.17, 15) is 4.79 Å². The number of para-hydroxylation sites is 2. The highest BCUT2D eigenvalue weighted by Crippen LogP contribution is 2.30. The minimum atomic E-state index is -0.124. The number of rotatable bonds is 7. The van der Waals surface area contributed by atoms with E-state index in [0.29, 0.717) is 23.6 Å². The molecular weight excluding hydrogens is 350 g/mol. The molecule has 0 unspecified atom stereocenters. The highest BCUT2D eigenvalue weighted by Gasteiger charge is 2.14. The van der Waals surface area contributed by atoms with Gasteiger partial charge in [-0.1, -0.05) is 30.3 Å². The van der Waals surface area contributed by atoms with Crippen LogP contribution in [0.1, 0.15) is 22.2 Å². The third-order valence-electron chi connectivity index (χ3n) is 3.52. The minimum absolute atomic E-state index is 0.124. The van der Waals surface area contributed by atoms with Gasteiger partial charge in [-0.2, -0.15) is 0 Å². The Balaban J connectivity index is 1.76. The van der Waals surface area contributed by atoms with Crippen LogP contribution in [0.25, 0.3) is 0 Å². The molecule has 0 aliphatic carbocycles. The third-order valence-corrected chi connectivity index (χ3v) is 5.70. The van der Waals surface area contributed by atoms with Crippen molar-refractivity contribution >= 4 is 34.7 Å². The number of ether oxygens (including phenoxy) is 1. The average Bonchev–Trinajstić information content (AvgIpc) is 3.15. The fourth-order valence-corrected chi connectivity index (χ4v) is 4.19. The van der Waals surface area contributed by atoms with Gasteiger partial charge in [-0.3, -0.25) is 4.79 Å². The predicted molar refractivity (Wildman–Crippen MR) is 106 cm³/mol. The van der Waals surface area contributed by atoms with Gasteiger partial charge in [0, 0.05) is 15.5 Å². The van der Waals surface area contributed by atoms with Crippen LogP contribution in [0, 0.1) is 0 Å². The van der Waals surface area contributed by atoms with E-state index in [1.54, 1.807) is 23.1 Å². The van der Waals surface area contributed by atoms with Crippen LogP contribution in [0.3, 0.4) is 0 Å². The maximum Gasteiger partial charge on any atom is 0.256 e. The molecule has 3 rings (SSSR count). The van der Waals surface area contributed by atoms with Crippen molar-refractivity contribution in [2.45, 2.75) is 17.6 Å². The Labute approximate surface area is 156 Å². The lowest BCUT2D eigenvalue weighted by atomic mass is 10.2. The summed E-state index contributed by atoms with van der Waals surface area (Å²) in [6.45, 7) is 2.48. The van der Waals surface area contributed by atoms with Crippen molar-refractivity contribution in [2.75, 3.05) is 11.9 Å². The molecule has 0 fully saturated rings. The lowest BCUT2D eigenvalue weighted by Gasteiger charge is -2.13. The minimum Gasteiger partial charge on any atom is -0.492 e. The Morgan fingerprint density at radius 2 is 1.88 bits per heavy atom. The van der Waals surface area contributed by atoms with Crippen LogP contribution in [-0.4, -0.2) is 12.5 Å². The summed E-state index contributed by atoms with van der Waals surface area (Å²) < 4.78 is 5.58. The third kappa shape index (κ3) is 4.65. The quantitative estimate of drug-likeness (QED) is 0.544. The summed E-state index contributed by atoms with van der Waals surface area (Å²) in [5.74, 6) is 1.42. The number of anilines is 1. The SMILES string of the molecule is CCOc1ccccc1NC(=O)c1ccccc1SCc1cccs1. The van der Waals surface area contributed by atoms with Gasteiger partial charge in [0.05, 0.1) is 17.9 Å². The molecule has 5 heteroatoms. The van der Waals surface area contributed by atoms with Gasteiger partial charge in [0.2, 0.25) is 0 Å². The molecule has 1 heterocycles. The number of hydrogen-bond acceptors (Lipinski definition) is 4. The molecule has 0 spiro atoms. The molecule has 1 aromatic heterocycles. The molecule has 0 saturated heterocycles. The summed E-state index contributed by atoms with van der Waals surface area (Å²) >= 11 is 3.41. The van der Waals surface area contributed by atoms with Crippen molar-refractivity contribution in [3.8, 4) is 5.75 Å². The number of carbonyl (C=O) groups excluding carboxylic acids is 1. The van der Waals surface area contributed by atoms with Crippen molar-refractivity contribution in [1.82, 2.24) is 0 Å². The molecule has 1 amide bonds. The Bertz CT molecular complexity index is 831. The molecule has 3 nitrogen and oxygen atoms in total. The molecule has 1 N–H and O–H groups in total. The molecule has 3 aromatic rings. The van der Waals surface area contributed by atoms with Gasteiger partial charge < -0.3 is 10.1 Å². The van der Waals surface area contributed by atoms with Gasteiger partial charge in [-0.25, -0.2) is 0 Å². The molecule has 0 bridgehead atoms. The summed E-state index contributed by atoms with van der Waals surface area (Å²) in [4.78, 5) is 15.0. The monoisotopic (exact) mass is 369 g/mol. The summed E-state index contributed by atoms with van der Waals surface area (Å²) in [6, 6.07) is 19.3. The number of thiophene rings is 1. The molecule has 25 heavy (non-hydrogen) atoms. The first-order valence-electron chi connectivity index (χ1n) is 8.05. The number of thioether (sulfide) groups is 1. The number of benzene rings is 2. The Kier molecular flexibility index (Phi) is 6.14. The predicted octanol–water partition coefficient (Wildman–Crippen LogP) is 5.69.